The quantitative estimate of drug-likeness (QED) is 0.691. The van der Waals surface area contributed by atoms with Gasteiger partial charge in [-0.15, -0.1) is 0 Å². The molecule has 0 saturated heterocycles. The van der Waals surface area contributed by atoms with E-state index < -0.39 is 10.0 Å². The summed E-state index contributed by atoms with van der Waals surface area (Å²) in [6, 6.07) is 6.75. The minimum absolute atomic E-state index is 0.0280. The van der Waals surface area contributed by atoms with Crippen molar-refractivity contribution in [3.05, 3.63) is 40.8 Å². The molecule has 1 saturated carbocycles. The fourth-order valence-electron chi connectivity index (χ4n) is 3.53. The van der Waals surface area contributed by atoms with Crippen LogP contribution in [-0.2, 0) is 17.1 Å². The molecular weight excluding hydrogens is 406 g/mol. The number of anilines is 1. The fraction of sp³-hybridized carbons (Fsp3) is 0.476. The first kappa shape index (κ1) is 22.2. The number of ether oxygens (including phenoxy) is 2. The van der Waals surface area contributed by atoms with Crippen molar-refractivity contribution in [2.75, 3.05) is 17.6 Å². The molecule has 1 fully saturated rings. The molecule has 1 aromatic heterocycles. The van der Waals surface area contributed by atoms with Gasteiger partial charge in [0.05, 0.1) is 19.0 Å². The third-order valence-electron chi connectivity index (χ3n) is 5.35. The van der Waals surface area contributed by atoms with Gasteiger partial charge in [-0.1, -0.05) is 0 Å². The van der Waals surface area contributed by atoms with E-state index in [1.165, 1.54) is 17.7 Å². The van der Waals surface area contributed by atoms with Gasteiger partial charge in [0.1, 0.15) is 11.5 Å². The first-order valence-corrected chi connectivity index (χ1v) is 11.7. The molecule has 0 atom stereocenters. The normalized spacial score (nSPS) is 19.3. The van der Waals surface area contributed by atoms with Gasteiger partial charge in [-0.25, -0.2) is 8.42 Å². The SMILES string of the molecule is CCS(=O)(=O)Nc1ccc(OC2CCC(N)CC2)c(-c2cn(C)c(=O)cc2OC)c1. The molecule has 0 unspecified atom stereocenters. The van der Waals surface area contributed by atoms with Crippen LogP contribution in [-0.4, -0.2) is 38.0 Å². The monoisotopic (exact) mass is 435 g/mol. The number of rotatable bonds is 7. The van der Waals surface area contributed by atoms with Crippen LogP contribution in [0.2, 0.25) is 0 Å². The number of aromatic nitrogens is 1. The third-order valence-corrected chi connectivity index (χ3v) is 6.65. The Morgan fingerprint density at radius 2 is 1.83 bits per heavy atom. The van der Waals surface area contributed by atoms with E-state index in [1.54, 1.807) is 38.4 Å². The molecule has 0 radical (unpaired) electrons. The summed E-state index contributed by atoms with van der Waals surface area (Å²) in [6.45, 7) is 1.57. The lowest BCUT2D eigenvalue weighted by atomic mass is 9.93. The summed E-state index contributed by atoms with van der Waals surface area (Å²) in [7, 11) is -0.298. The lowest BCUT2D eigenvalue weighted by Gasteiger charge is -2.28. The minimum Gasteiger partial charge on any atom is -0.496 e. The molecule has 0 aliphatic heterocycles. The molecule has 164 valence electrons. The van der Waals surface area contributed by atoms with E-state index in [2.05, 4.69) is 4.72 Å². The predicted octanol–water partition coefficient (Wildman–Crippen LogP) is 2.47. The molecule has 9 heteroatoms. The van der Waals surface area contributed by atoms with Crippen LogP contribution in [0.5, 0.6) is 11.5 Å². The Hall–Kier alpha value is -2.52. The fourth-order valence-corrected chi connectivity index (χ4v) is 4.16. The second kappa shape index (κ2) is 9.09. The lowest BCUT2D eigenvalue weighted by Crippen LogP contribution is -2.31. The molecular formula is C21H29N3O5S. The number of hydrogen-bond donors (Lipinski definition) is 2. The highest BCUT2D eigenvalue weighted by molar-refractivity contribution is 7.92. The highest BCUT2D eigenvalue weighted by Gasteiger charge is 2.23. The van der Waals surface area contributed by atoms with Crippen LogP contribution in [0.25, 0.3) is 11.1 Å². The van der Waals surface area contributed by atoms with Crippen LogP contribution in [0.1, 0.15) is 32.6 Å². The molecule has 0 amide bonds. The molecule has 3 N–H and O–H groups in total. The molecule has 0 spiro atoms. The van der Waals surface area contributed by atoms with E-state index >= 15 is 0 Å². The topological polar surface area (TPSA) is 113 Å². The molecule has 3 rings (SSSR count). The minimum atomic E-state index is -3.44. The van der Waals surface area contributed by atoms with Crippen LogP contribution in [0.4, 0.5) is 5.69 Å². The zero-order valence-electron chi connectivity index (χ0n) is 17.6. The highest BCUT2D eigenvalue weighted by atomic mass is 32.2. The van der Waals surface area contributed by atoms with Crippen molar-refractivity contribution in [2.24, 2.45) is 12.8 Å². The number of sulfonamides is 1. The van der Waals surface area contributed by atoms with Gasteiger partial charge in [-0.2, -0.15) is 0 Å². The van der Waals surface area contributed by atoms with Crippen molar-refractivity contribution in [3.8, 4) is 22.6 Å². The summed E-state index contributed by atoms with van der Waals surface area (Å²) in [5.74, 6) is 0.961. The van der Waals surface area contributed by atoms with Gasteiger partial charge in [0, 0.05) is 42.2 Å². The zero-order chi connectivity index (χ0) is 21.9. The molecule has 1 heterocycles. The molecule has 30 heavy (non-hydrogen) atoms. The zero-order valence-corrected chi connectivity index (χ0v) is 18.4. The van der Waals surface area contributed by atoms with Gasteiger partial charge >= 0.3 is 0 Å². The van der Waals surface area contributed by atoms with E-state index in [4.69, 9.17) is 15.2 Å². The number of hydrogen-bond acceptors (Lipinski definition) is 6. The van der Waals surface area contributed by atoms with E-state index in [9.17, 15) is 13.2 Å². The predicted molar refractivity (Wildman–Crippen MR) is 118 cm³/mol. The van der Waals surface area contributed by atoms with Crippen LogP contribution < -0.4 is 25.5 Å². The van der Waals surface area contributed by atoms with E-state index in [0.29, 0.717) is 28.3 Å². The molecule has 8 nitrogen and oxygen atoms in total. The Morgan fingerprint density at radius 3 is 2.47 bits per heavy atom. The first-order valence-electron chi connectivity index (χ1n) is 10.0. The Kier molecular flexibility index (Phi) is 6.72. The number of benzene rings is 1. The van der Waals surface area contributed by atoms with Crippen LogP contribution in [0.3, 0.4) is 0 Å². The van der Waals surface area contributed by atoms with Crippen molar-refractivity contribution >= 4 is 15.7 Å². The van der Waals surface area contributed by atoms with Crippen molar-refractivity contribution < 1.29 is 17.9 Å². The van der Waals surface area contributed by atoms with Crippen molar-refractivity contribution in [1.82, 2.24) is 4.57 Å². The number of nitrogens with zero attached hydrogens (tertiary/aromatic N) is 1. The number of nitrogens with two attached hydrogens (primary N) is 1. The summed E-state index contributed by atoms with van der Waals surface area (Å²) in [5, 5.41) is 0. The van der Waals surface area contributed by atoms with Crippen molar-refractivity contribution in [3.63, 3.8) is 0 Å². The number of aryl methyl sites for hydroxylation is 1. The van der Waals surface area contributed by atoms with Gasteiger partial charge < -0.3 is 19.8 Å². The summed E-state index contributed by atoms with van der Waals surface area (Å²) in [4.78, 5) is 12.1. The molecule has 1 aromatic carbocycles. The Morgan fingerprint density at radius 1 is 1.13 bits per heavy atom. The summed E-state index contributed by atoms with van der Waals surface area (Å²) < 4.78 is 39.8. The second-order valence-corrected chi connectivity index (χ2v) is 9.59. The maximum atomic E-state index is 12.1. The van der Waals surface area contributed by atoms with Gasteiger partial charge in [-0.05, 0) is 50.8 Å². The van der Waals surface area contributed by atoms with E-state index in [-0.39, 0.29) is 23.5 Å². The molecule has 1 aliphatic rings. The van der Waals surface area contributed by atoms with Crippen molar-refractivity contribution in [1.29, 1.82) is 0 Å². The maximum Gasteiger partial charge on any atom is 0.254 e. The average molecular weight is 436 g/mol. The molecule has 1 aliphatic carbocycles. The van der Waals surface area contributed by atoms with Gasteiger partial charge in [0.25, 0.3) is 5.56 Å². The lowest BCUT2D eigenvalue weighted by molar-refractivity contribution is 0.148. The van der Waals surface area contributed by atoms with E-state index in [1.807, 2.05) is 0 Å². The summed E-state index contributed by atoms with van der Waals surface area (Å²) in [5.41, 5.74) is 7.50. The van der Waals surface area contributed by atoms with E-state index in [0.717, 1.165) is 25.7 Å². The average Bonchev–Trinajstić information content (AvgIpc) is 2.72. The standard InChI is InChI=1S/C21H29N3O5S/c1-4-30(26,27)23-15-7-10-19(29-16-8-5-14(22)6-9-16)17(11-15)18-13-24(2)21(25)12-20(18)28-3/h7,10-14,16,23H,4-6,8-9,22H2,1-3H3. The Labute approximate surface area is 177 Å². The largest absolute Gasteiger partial charge is 0.496 e. The van der Waals surface area contributed by atoms with Crippen LogP contribution >= 0.6 is 0 Å². The van der Waals surface area contributed by atoms with Gasteiger partial charge in [0.2, 0.25) is 10.0 Å². The molecule has 0 bridgehead atoms. The van der Waals surface area contributed by atoms with Crippen LogP contribution in [0, 0.1) is 0 Å². The third kappa shape index (κ3) is 5.14. The van der Waals surface area contributed by atoms with Crippen LogP contribution in [0.15, 0.2) is 35.3 Å². The Balaban J connectivity index is 2.07. The number of methoxy groups -OCH3 is 1. The Bertz CT molecular complexity index is 1060. The molecule has 2 aromatic rings. The first-order chi connectivity index (χ1) is 14.2. The summed E-state index contributed by atoms with van der Waals surface area (Å²) >= 11 is 0. The van der Waals surface area contributed by atoms with Gasteiger partial charge in [0.15, 0.2) is 0 Å². The van der Waals surface area contributed by atoms with Crippen molar-refractivity contribution in [2.45, 2.75) is 44.8 Å². The number of pyridine rings is 1. The number of nitrogens with one attached hydrogen (secondary N) is 1. The smallest absolute Gasteiger partial charge is 0.254 e. The second-order valence-electron chi connectivity index (χ2n) is 7.58. The highest BCUT2D eigenvalue weighted by Crippen LogP contribution is 2.39. The van der Waals surface area contributed by atoms with Gasteiger partial charge in [-0.3, -0.25) is 9.52 Å². The summed E-state index contributed by atoms with van der Waals surface area (Å²) in [6.07, 6.45) is 5.21. The maximum absolute atomic E-state index is 12.1.